The predicted octanol–water partition coefficient (Wildman–Crippen LogP) is 3.27. The third kappa shape index (κ3) is 3.88. The number of hydrogen-bond donors (Lipinski definition) is 0. The minimum Gasteiger partial charge on any atom is -0.422 e. The fourth-order valence-electron chi connectivity index (χ4n) is 2.93. The van der Waals surface area contributed by atoms with Gasteiger partial charge in [0.1, 0.15) is 0 Å². The van der Waals surface area contributed by atoms with Crippen LogP contribution in [0.1, 0.15) is 65.2 Å². The highest BCUT2D eigenvalue weighted by Crippen LogP contribution is 2.51. The van der Waals surface area contributed by atoms with Gasteiger partial charge in [-0.25, -0.2) is 4.79 Å². The Bertz CT molecular complexity index is 444. The summed E-state index contributed by atoms with van der Waals surface area (Å²) < 4.78 is 16.6. The molecule has 3 unspecified atom stereocenters. The lowest BCUT2D eigenvalue weighted by Gasteiger charge is -2.26. The number of esters is 2. The van der Waals surface area contributed by atoms with Gasteiger partial charge in [-0.15, -0.1) is 0 Å². The second-order valence-electron chi connectivity index (χ2n) is 6.27. The van der Waals surface area contributed by atoms with Gasteiger partial charge in [-0.05, 0) is 26.2 Å². The fourth-order valence-corrected chi connectivity index (χ4v) is 2.93. The highest BCUT2D eigenvalue weighted by Gasteiger charge is 2.65. The molecule has 2 fully saturated rings. The molecule has 0 aromatic heterocycles. The zero-order chi connectivity index (χ0) is 16.2. The Kier molecular flexibility index (Phi) is 5.62. The molecule has 0 aromatic rings. The summed E-state index contributed by atoms with van der Waals surface area (Å²) in [7, 11) is 0. The van der Waals surface area contributed by atoms with E-state index < -0.39 is 17.9 Å². The molecule has 124 valence electrons. The zero-order valence-corrected chi connectivity index (χ0v) is 13.6. The molecule has 22 heavy (non-hydrogen) atoms. The lowest BCUT2D eigenvalue weighted by Crippen LogP contribution is -2.41. The minimum atomic E-state index is -0.948. The van der Waals surface area contributed by atoms with Gasteiger partial charge >= 0.3 is 11.9 Å². The van der Waals surface area contributed by atoms with Crippen molar-refractivity contribution in [2.75, 3.05) is 0 Å². The van der Waals surface area contributed by atoms with Crippen LogP contribution in [0.2, 0.25) is 0 Å². The van der Waals surface area contributed by atoms with E-state index in [4.69, 9.17) is 14.2 Å². The Morgan fingerprint density at radius 3 is 2.73 bits per heavy atom. The average Bonchev–Trinajstić information content (AvgIpc) is 3.22. The van der Waals surface area contributed by atoms with Crippen LogP contribution in [0, 0.1) is 0 Å². The number of fused-ring (bicyclic) bond motifs is 1. The SMILES string of the molecule is C=C(C)C(=O)OC(OC(=O)CCCCC)C12CCCCC1O2. The first-order valence-electron chi connectivity index (χ1n) is 8.23. The molecule has 0 radical (unpaired) electrons. The predicted molar refractivity (Wildman–Crippen MR) is 81.0 cm³/mol. The first-order chi connectivity index (χ1) is 10.5. The fraction of sp³-hybridized carbons (Fsp3) is 0.765. The molecule has 1 saturated carbocycles. The van der Waals surface area contributed by atoms with Crippen molar-refractivity contribution in [2.24, 2.45) is 0 Å². The Morgan fingerprint density at radius 1 is 1.32 bits per heavy atom. The van der Waals surface area contributed by atoms with Crippen LogP contribution in [-0.4, -0.2) is 29.9 Å². The monoisotopic (exact) mass is 310 g/mol. The molecule has 0 bridgehead atoms. The van der Waals surface area contributed by atoms with Crippen molar-refractivity contribution >= 4 is 11.9 Å². The third-order valence-electron chi connectivity index (χ3n) is 4.32. The molecule has 1 saturated heterocycles. The molecule has 0 aromatic carbocycles. The van der Waals surface area contributed by atoms with Gasteiger partial charge in [-0.2, -0.15) is 0 Å². The summed E-state index contributed by atoms with van der Waals surface area (Å²) in [5, 5.41) is 0. The maximum atomic E-state index is 12.0. The normalized spacial score (nSPS) is 27.5. The van der Waals surface area contributed by atoms with E-state index in [0.717, 1.165) is 44.9 Å². The molecule has 1 aliphatic heterocycles. The average molecular weight is 310 g/mol. The molecule has 1 heterocycles. The van der Waals surface area contributed by atoms with Crippen LogP contribution in [0.3, 0.4) is 0 Å². The Balaban J connectivity index is 1.98. The summed E-state index contributed by atoms with van der Waals surface area (Å²) in [5.41, 5.74) is -0.333. The van der Waals surface area contributed by atoms with Crippen LogP contribution in [0.15, 0.2) is 12.2 Å². The number of ether oxygens (including phenoxy) is 3. The lowest BCUT2D eigenvalue weighted by atomic mass is 9.88. The van der Waals surface area contributed by atoms with Crippen LogP contribution < -0.4 is 0 Å². The van der Waals surface area contributed by atoms with Crippen LogP contribution in [0.25, 0.3) is 0 Å². The highest BCUT2D eigenvalue weighted by atomic mass is 16.8. The molecule has 2 aliphatic rings. The smallest absolute Gasteiger partial charge is 0.336 e. The topological polar surface area (TPSA) is 65.1 Å². The van der Waals surface area contributed by atoms with E-state index in [2.05, 4.69) is 13.5 Å². The molecular weight excluding hydrogens is 284 g/mol. The van der Waals surface area contributed by atoms with Gasteiger partial charge in [-0.1, -0.05) is 39.2 Å². The summed E-state index contributed by atoms with van der Waals surface area (Å²) in [6.07, 6.45) is 6.00. The number of carbonyl (C=O) groups excluding carboxylic acids is 2. The second kappa shape index (κ2) is 7.27. The molecule has 3 atom stereocenters. The van der Waals surface area contributed by atoms with E-state index in [0.29, 0.717) is 6.42 Å². The van der Waals surface area contributed by atoms with Crippen molar-refractivity contribution in [2.45, 2.75) is 83.2 Å². The standard InChI is InChI=1S/C17H26O5/c1-4-5-6-10-14(18)20-16(21-15(19)12(2)3)17-11-8-7-9-13(17)22-17/h13,16H,2,4-11H2,1,3H3. The molecule has 5 heteroatoms. The molecule has 5 nitrogen and oxygen atoms in total. The Hall–Kier alpha value is -1.36. The summed E-state index contributed by atoms with van der Waals surface area (Å²) in [5.74, 6) is -0.872. The van der Waals surface area contributed by atoms with Gasteiger partial charge < -0.3 is 14.2 Å². The van der Waals surface area contributed by atoms with Crippen molar-refractivity contribution in [1.29, 1.82) is 0 Å². The number of unbranched alkanes of at least 4 members (excludes halogenated alkanes) is 2. The van der Waals surface area contributed by atoms with Crippen molar-refractivity contribution in [3.05, 3.63) is 12.2 Å². The van der Waals surface area contributed by atoms with Crippen LogP contribution in [-0.2, 0) is 23.8 Å². The maximum Gasteiger partial charge on any atom is 0.336 e. The third-order valence-corrected chi connectivity index (χ3v) is 4.32. The molecule has 1 aliphatic carbocycles. The lowest BCUT2D eigenvalue weighted by molar-refractivity contribution is -0.199. The van der Waals surface area contributed by atoms with Crippen LogP contribution in [0.5, 0.6) is 0 Å². The molecule has 0 spiro atoms. The van der Waals surface area contributed by atoms with Gasteiger partial charge in [0.25, 0.3) is 6.29 Å². The van der Waals surface area contributed by atoms with Crippen LogP contribution in [0.4, 0.5) is 0 Å². The van der Waals surface area contributed by atoms with Gasteiger partial charge in [0.05, 0.1) is 6.10 Å². The highest BCUT2D eigenvalue weighted by molar-refractivity contribution is 5.87. The number of hydrogen-bond acceptors (Lipinski definition) is 5. The van der Waals surface area contributed by atoms with E-state index in [-0.39, 0.29) is 17.6 Å². The van der Waals surface area contributed by atoms with Crippen molar-refractivity contribution in [3.63, 3.8) is 0 Å². The van der Waals surface area contributed by atoms with E-state index >= 15 is 0 Å². The van der Waals surface area contributed by atoms with Crippen LogP contribution >= 0.6 is 0 Å². The van der Waals surface area contributed by atoms with E-state index in [1.807, 2.05) is 0 Å². The number of epoxide rings is 1. The second-order valence-corrected chi connectivity index (χ2v) is 6.27. The molecular formula is C17H26O5. The Morgan fingerprint density at radius 2 is 2.09 bits per heavy atom. The molecule has 2 rings (SSSR count). The first-order valence-corrected chi connectivity index (χ1v) is 8.23. The van der Waals surface area contributed by atoms with Crippen molar-refractivity contribution in [3.8, 4) is 0 Å². The van der Waals surface area contributed by atoms with Gasteiger partial charge in [-0.3, -0.25) is 4.79 Å². The minimum absolute atomic E-state index is 0.0348. The molecule has 0 N–H and O–H groups in total. The van der Waals surface area contributed by atoms with Gasteiger partial charge in [0.15, 0.2) is 5.60 Å². The zero-order valence-electron chi connectivity index (χ0n) is 13.6. The molecule has 0 amide bonds. The Labute approximate surface area is 132 Å². The van der Waals surface area contributed by atoms with E-state index in [1.165, 1.54) is 0 Å². The summed E-state index contributed by atoms with van der Waals surface area (Å²) in [6, 6.07) is 0. The summed E-state index contributed by atoms with van der Waals surface area (Å²) >= 11 is 0. The van der Waals surface area contributed by atoms with Gasteiger partial charge in [0, 0.05) is 12.0 Å². The summed E-state index contributed by atoms with van der Waals surface area (Å²) in [4.78, 5) is 23.8. The number of rotatable bonds is 8. The quantitative estimate of drug-likeness (QED) is 0.226. The first kappa shape index (κ1) is 17.0. The van der Waals surface area contributed by atoms with Crippen molar-refractivity contribution < 1.29 is 23.8 Å². The number of carbonyl (C=O) groups is 2. The maximum absolute atomic E-state index is 12.0. The van der Waals surface area contributed by atoms with E-state index in [9.17, 15) is 9.59 Å². The largest absolute Gasteiger partial charge is 0.422 e. The summed E-state index contributed by atoms with van der Waals surface area (Å²) in [6.45, 7) is 7.22. The van der Waals surface area contributed by atoms with Crippen molar-refractivity contribution in [1.82, 2.24) is 0 Å². The van der Waals surface area contributed by atoms with Gasteiger partial charge in [0.2, 0.25) is 0 Å². The van der Waals surface area contributed by atoms with E-state index in [1.54, 1.807) is 6.92 Å².